The second-order valence-corrected chi connectivity index (χ2v) is 5.84. The number of hydrogen-bond acceptors (Lipinski definition) is 3. The van der Waals surface area contributed by atoms with Crippen LogP contribution in [0.25, 0.3) is 0 Å². The summed E-state index contributed by atoms with van der Waals surface area (Å²) in [4.78, 5) is 11.9. The van der Waals surface area contributed by atoms with Gasteiger partial charge in [-0.1, -0.05) is 32.0 Å². The Morgan fingerprint density at radius 3 is 2.60 bits per heavy atom. The van der Waals surface area contributed by atoms with Crippen molar-refractivity contribution in [2.75, 3.05) is 13.7 Å². The third kappa shape index (κ3) is 2.80. The molecule has 0 heterocycles. The molecule has 1 aliphatic carbocycles. The molecule has 4 nitrogen and oxygen atoms in total. The SMILES string of the molecule is CNC(COc1ccccc1C(C)C)(C(N)=O)C1CC1. The number of rotatable bonds is 7. The maximum Gasteiger partial charge on any atom is 0.241 e. The fraction of sp³-hybridized carbons (Fsp3) is 0.562. The zero-order chi connectivity index (χ0) is 14.8. The second-order valence-electron chi connectivity index (χ2n) is 5.84. The molecule has 0 spiro atoms. The molecule has 1 fully saturated rings. The summed E-state index contributed by atoms with van der Waals surface area (Å²) in [5.41, 5.74) is 6.01. The molecular formula is C16H24N2O2. The number of likely N-dealkylation sites (N-methyl/N-ethyl adjacent to an activating group) is 1. The van der Waals surface area contributed by atoms with Crippen LogP contribution in [0.3, 0.4) is 0 Å². The Kier molecular flexibility index (Phi) is 4.33. The number of amides is 1. The first kappa shape index (κ1) is 14.9. The molecule has 0 aliphatic heterocycles. The highest BCUT2D eigenvalue weighted by atomic mass is 16.5. The Morgan fingerprint density at radius 2 is 2.10 bits per heavy atom. The van der Waals surface area contributed by atoms with Gasteiger partial charge in [-0.3, -0.25) is 4.79 Å². The number of benzene rings is 1. The van der Waals surface area contributed by atoms with Crippen molar-refractivity contribution in [3.8, 4) is 5.75 Å². The molecule has 110 valence electrons. The molecular weight excluding hydrogens is 252 g/mol. The van der Waals surface area contributed by atoms with Crippen molar-refractivity contribution < 1.29 is 9.53 Å². The van der Waals surface area contributed by atoms with Crippen LogP contribution in [0.5, 0.6) is 5.75 Å². The van der Waals surface area contributed by atoms with Crippen LogP contribution in [0.2, 0.25) is 0 Å². The van der Waals surface area contributed by atoms with Crippen LogP contribution in [0.4, 0.5) is 0 Å². The van der Waals surface area contributed by atoms with Gasteiger partial charge in [-0.25, -0.2) is 0 Å². The highest BCUT2D eigenvalue weighted by Gasteiger charge is 2.49. The first-order chi connectivity index (χ1) is 9.51. The normalized spacial score (nSPS) is 17.8. The molecule has 1 unspecified atom stereocenters. The number of para-hydroxylation sites is 1. The van der Waals surface area contributed by atoms with E-state index in [1.807, 2.05) is 18.2 Å². The Bertz CT molecular complexity index is 483. The predicted molar refractivity (Wildman–Crippen MR) is 79.7 cm³/mol. The summed E-state index contributed by atoms with van der Waals surface area (Å²) in [5.74, 6) is 1.18. The van der Waals surface area contributed by atoms with Crippen molar-refractivity contribution in [3.63, 3.8) is 0 Å². The van der Waals surface area contributed by atoms with E-state index in [1.165, 1.54) is 0 Å². The maximum absolute atomic E-state index is 11.9. The molecule has 1 saturated carbocycles. The zero-order valence-electron chi connectivity index (χ0n) is 12.5. The first-order valence-corrected chi connectivity index (χ1v) is 7.22. The average Bonchev–Trinajstić information content (AvgIpc) is 3.25. The molecule has 1 aromatic rings. The lowest BCUT2D eigenvalue weighted by molar-refractivity contribution is -0.126. The van der Waals surface area contributed by atoms with E-state index in [0.29, 0.717) is 5.92 Å². The van der Waals surface area contributed by atoms with Gasteiger partial charge >= 0.3 is 0 Å². The first-order valence-electron chi connectivity index (χ1n) is 7.22. The largest absolute Gasteiger partial charge is 0.491 e. The monoisotopic (exact) mass is 276 g/mol. The van der Waals surface area contributed by atoms with E-state index in [0.717, 1.165) is 24.2 Å². The zero-order valence-corrected chi connectivity index (χ0v) is 12.5. The number of ether oxygens (including phenoxy) is 1. The topological polar surface area (TPSA) is 64.3 Å². The number of primary amides is 1. The van der Waals surface area contributed by atoms with Gasteiger partial charge in [0.15, 0.2) is 0 Å². The van der Waals surface area contributed by atoms with Crippen LogP contribution in [0.15, 0.2) is 24.3 Å². The molecule has 1 amide bonds. The molecule has 1 atom stereocenters. The van der Waals surface area contributed by atoms with Crippen molar-refractivity contribution in [1.29, 1.82) is 0 Å². The second kappa shape index (κ2) is 5.83. The minimum atomic E-state index is -0.746. The van der Waals surface area contributed by atoms with Crippen molar-refractivity contribution in [2.45, 2.75) is 38.1 Å². The van der Waals surface area contributed by atoms with Crippen LogP contribution < -0.4 is 15.8 Å². The lowest BCUT2D eigenvalue weighted by atomic mass is 9.93. The molecule has 0 aromatic heterocycles. The summed E-state index contributed by atoms with van der Waals surface area (Å²) in [5, 5.41) is 3.10. The van der Waals surface area contributed by atoms with Gasteiger partial charge in [0.25, 0.3) is 0 Å². The highest BCUT2D eigenvalue weighted by Crippen LogP contribution is 2.40. The number of hydrogen-bond donors (Lipinski definition) is 2. The van der Waals surface area contributed by atoms with Crippen molar-refractivity contribution in [3.05, 3.63) is 29.8 Å². The third-order valence-corrected chi connectivity index (χ3v) is 4.16. The minimum Gasteiger partial charge on any atom is -0.491 e. The number of nitrogens with one attached hydrogen (secondary N) is 1. The fourth-order valence-corrected chi connectivity index (χ4v) is 2.65. The minimum absolute atomic E-state index is 0.285. The van der Waals surface area contributed by atoms with Crippen molar-refractivity contribution in [1.82, 2.24) is 5.32 Å². The molecule has 4 heteroatoms. The van der Waals surface area contributed by atoms with Gasteiger partial charge in [-0.15, -0.1) is 0 Å². The lowest BCUT2D eigenvalue weighted by Gasteiger charge is -2.30. The predicted octanol–water partition coefficient (Wildman–Crippen LogP) is 2.04. The number of carbonyl (C=O) groups is 1. The highest BCUT2D eigenvalue weighted by molar-refractivity contribution is 5.85. The maximum atomic E-state index is 11.9. The van der Waals surface area contributed by atoms with Gasteiger partial charge in [0.1, 0.15) is 17.9 Å². The van der Waals surface area contributed by atoms with Crippen LogP contribution in [-0.4, -0.2) is 25.1 Å². The van der Waals surface area contributed by atoms with E-state index in [9.17, 15) is 4.79 Å². The molecule has 0 saturated heterocycles. The quantitative estimate of drug-likeness (QED) is 0.801. The van der Waals surface area contributed by atoms with E-state index < -0.39 is 5.54 Å². The Hall–Kier alpha value is -1.55. The molecule has 1 aliphatic rings. The van der Waals surface area contributed by atoms with Crippen LogP contribution >= 0.6 is 0 Å². The standard InChI is InChI=1S/C16H24N2O2/c1-11(2)13-6-4-5-7-14(13)20-10-16(18-3,15(17)19)12-8-9-12/h4-7,11-12,18H,8-10H2,1-3H3,(H2,17,19). The Balaban J connectivity index is 2.16. The van der Waals surface area contributed by atoms with Crippen molar-refractivity contribution >= 4 is 5.91 Å². The summed E-state index contributed by atoms with van der Waals surface area (Å²) in [6, 6.07) is 7.96. The van der Waals surface area contributed by atoms with Gasteiger partial charge < -0.3 is 15.8 Å². The summed E-state index contributed by atoms with van der Waals surface area (Å²) >= 11 is 0. The molecule has 2 rings (SSSR count). The van der Waals surface area contributed by atoms with Gasteiger partial charge in [-0.2, -0.15) is 0 Å². The van der Waals surface area contributed by atoms with Gasteiger partial charge in [-0.05, 0) is 43.4 Å². The molecule has 0 radical (unpaired) electrons. The van der Waals surface area contributed by atoms with E-state index in [1.54, 1.807) is 7.05 Å². The summed E-state index contributed by atoms with van der Waals surface area (Å²) in [6.45, 7) is 4.54. The van der Waals surface area contributed by atoms with Gasteiger partial charge in [0, 0.05) is 0 Å². The van der Waals surface area contributed by atoms with E-state index in [-0.39, 0.29) is 18.4 Å². The van der Waals surface area contributed by atoms with Crippen molar-refractivity contribution in [2.24, 2.45) is 11.7 Å². The molecule has 20 heavy (non-hydrogen) atoms. The lowest BCUT2D eigenvalue weighted by Crippen LogP contribution is -2.59. The third-order valence-electron chi connectivity index (χ3n) is 4.16. The Labute approximate surface area is 120 Å². The van der Waals surface area contributed by atoms with Crippen LogP contribution in [0, 0.1) is 5.92 Å². The summed E-state index contributed by atoms with van der Waals surface area (Å²) in [7, 11) is 1.78. The van der Waals surface area contributed by atoms with Gasteiger partial charge in [0.05, 0.1) is 0 Å². The molecule has 1 aromatic carbocycles. The molecule has 3 N–H and O–H groups in total. The number of nitrogens with two attached hydrogens (primary N) is 1. The fourth-order valence-electron chi connectivity index (χ4n) is 2.65. The summed E-state index contributed by atoms with van der Waals surface area (Å²) in [6.07, 6.45) is 2.05. The molecule has 0 bridgehead atoms. The summed E-state index contributed by atoms with van der Waals surface area (Å²) < 4.78 is 5.95. The van der Waals surface area contributed by atoms with Gasteiger partial charge in [0.2, 0.25) is 5.91 Å². The smallest absolute Gasteiger partial charge is 0.241 e. The average molecular weight is 276 g/mol. The van der Waals surface area contributed by atoms with Crippen LogP contribution in [0.1, 0.15) is 38.2 Å². The number of carbonyl (C=O) groups excluding carboxylic acids is 1. The Morgan fingerprint density at radius 1 is 1.45 bits per heavy atom. The van der Waals surface area contributed by atoms with E-state index >= 15 is 0 Å². The van der Waals surface area contributed by atoms with Crippen LogP contribution in [-0.2, 0) is 4.79 Å². The van der Waals surface area contributed by atoms with E-state index in [4.69, 9.17) is 10.5 Å². The van der Waals surface area contributed by atoms with E-state index in [2.05, 4.69) is 25.2 Å².